The number of hydrogen-bond acceptors (Lipinski definition) is 3. The number of ether oxygens (including phenoxy) is 1. The Labute approximate surface area is 106 Å². The predicted molar refractivity (Wildman–Crippen MR) is 71.2 cm³/mol. The summed E-state index contributed by atoms with van der Waals surface area (Å²) >= 11 is 0. The molecule has 0 spiro atoms. The summed E-state index contributed by atoms with van der Waals surface area (Å²) in [6.07, 6.45) is 6.94. The van der Waals surface area contributed by atoms with Crippen molar-refractivity contribution < 1.29 is 4.74 Å². The van der Waals surface area contributed by atoms with Gasteiger partial charge in [-0.15, -0.1) is 0 Å². The highest BCUT2D eigenvalue weighted by atomic mass is 16.5. The van der Waals surface area contributed by atoms with Gasteiger partial charge in [0.05, 0.1) is 13.2 Å². The van der Waals surface area contributed by atoms with Gasteiger partial charge in [0.25, 0.3) is 0 Å². The maximum atomic E-state index is 5.54. The summed E-state index contributed by atoms with van der Waals surface area (Å²) in [6, 6.07) is 1.30. The quantitative estimate of drug-likeness (QED) is 0.735. The minimum Gasteiger partial charge on any atom is -0.379 e. The molecule has 1 aliphatic heterocycles. The molecule has 4 atom stereocenters. The van der Waals surface area contributed by atoms with Gasteiger partial charge in [0.15, 0.2) is 0 Å². The average molecular weight is 240 g/mol. The molecule has 100 valence electrons. The third-order valence-electron chi connectivity index (χ3n) is 4.50. The molecular formula is C14H28N2O. The van der Waals surface area contributed by atoms with E-state index in [-0.39, 0.29) is 0 Å². The minimum absolute atomic E-state index is 0.548. The van der Waals surface area contributed by atoms with Crippen molar-refractivity contribution in [3.63, 3.8) is 0 Å². The van der Waals surface area contributed by atoms with Crippen LogP contribution in [-0.2, 0) is 4.74 Å². The molecule has 2 fully saturated rings. The van der Waals surface area contributed by atoms with Crippen molar-refractivity contribution >= 4 is 0 Å². The van der Waals surface area contributed by atoms with E-state index in [0.717, 1.165) is 31.7 Å². The highest BCUT2D eigenvalue weighted by Crippen LogP contribution is 2.23. The van der Waals surface area contributed by atoms with Crippen molar-refractivity contribution in [2.45, 2.75) is 51.1 Å². The summed E-state index contributed by atoms with van der Waals surface area (Å²) in [7, 11) is 2.04. The Balaban J connectivity index is 1.70. The second-order valence-electron chi connectivity index (χ2n) is 5.91. The Morgan fingerprint density at radius 2 is 2.00 bits per heavy atom. The molecule has 2 rings (SSSR count). The van der Waals surface area contributed by atoms with Crippen LogP contribution in [0.3, 0.4) is 0 Å². The molecule has 4 unspecified atom stereocenters. The van der Waals surface area contributed by atoms with Crippen molar-refractivity contribution in [3.05, 3.63) is 0 Å². The summed E-state index contributed by atoms with van der Waals surface area (Å²) in [5, 5.41) is 7.12. The fourth-order valence-electron chi connectivity index (χ4n) is 3.13. The molecule has 1 saturated heterocycles. The van der Waals surface area contributed by atoms with Crippen LogP contribution < -0.4 is 10.6 Å². The SMILES string of the molecule is CNC1COCC1CNC1CCCC(C)CC1. The van der Waals surface area contributed by atoms with Gasteiger partial charge in [-0.2, -0.15) is 0 Å². The predicted octanol–water partition coefficient (Wildman–Crippen LogP) is 1.78. The van der Waals surface area contributed by atoms with Crippen molar-refractivity contribution in [3.8, 4) is 0 Å². The van der Waals surface area contributed by atoms with E-state index in [0.29, 0.717) is 12.0 Å². The van der Waals surface area contributed by atoms with Crippen LogP contribution in [0.4, 0.5) is 0 Å². The Morgan fingerprint density at radius 1 is 1.12 bits per heavy atom. The summed E-state index contributed by atoms with van der Waals surface area (Å²) < 4.78 is 5.54. The van der Waals surface area contributed by atoms with Crippen LogP contribution in [-0.4, -0.2) is 38.9 Å². The molecule has 0 aromatic carbocycles. The highest BCUT2D eigenvalue weighted by molar-refractivity contribution is 4.83. The van der Waals surface area contributed by atoms with Gasteiger partial charge in [0, 0.05) is 24.5 Å². The van der Waals surface area contributed by atoms with Crippen molar-refractivity contribution in [1.82, 2.24) is 10.6 Å². The summed E-state index contributed by atoms with van der Waals surface area (Å²) in [5.74, 6) is 1.59. The van der Waals surface area contributed by atoms with Crippen LogP contribution in [0.1, 0.15) is 39.0 Å². The molecule has 1 aliphatic carbocycles. The first kappa shape index (κ1) is 13.3. The first-order valence-electron chi connectivity index (χ1n) is 7.28. The van der Waals surface area contributed by atoms with Crippen molar-refractivity contribution in [1.29, 1.82) is 0 Å². The maximum absolute atomic E-state index is 5.54. The van der Waals surface area contributed by atoms with E-state index in [4.69, 9.17) is 4.74 Å². The van der Waals surface area contributed by atoms with Crippen LogP contribution in [0.25, 0.3) is 0 Å². The molecule has 0 radical (unpaired) electrons. The summed E-state index contributed by atoms with van der Waals surface area (Å²) in [5.41, 5.74) is 0. The molecule has 0 bridgehead atoms. The van der Waals surface area contributed by atoms with Gasteiger partial charge in [0.1, 0.15) is 0 Å². The topological polar surface area (TPSA) is 33.3 Å². The van der Waals surface area contributed by atoms with E-state index < -0.39 is 0 Å². The molecular weight excluding hydrogens is 212 g/mol. The second kappa shape index (κ2) is 6.72. The van der Waals surface area contributed by atoms with Crippen LogP contribution in [0.5, 0.6) is 0 Å². The highest BCUT2D eigenvalue weighted by Gasteiger charge is 2.27. The Kier molecular flexibility index (Phi) is 5.26. The van der Waals surface area contributed by atoms with Crippen LogP contribution in [0, 0.1) is 11.8 Å². The lowest BCUT2D eigenvalue weighted by Crippen LogP contribution is -2.41. The summed E-state index contributed by atoms with van der Waals surface area (Å²) in [4.78, 5) is 0. The van der Waals surface area contributed by atoms with E-state index in [1.807, 2.05) is 7.05 Å². The fraction of sp³-hybridized carbons (Fsp3) is 1.00. The van der Waals surface area contributed by atoms with Gasteiger partial charge >= 0.3 is 0 Å². The zero-order valence-corrected chi connectivity index (χ0v) is 11.4. The molecule has 17 heavy (non-hydrogen) atoms. The number of likely N-dealkylation sites (N-methyl/N-ethyl adjacent to an activating group) is 1. The first-order chi connectivity index (χ1) is 8.29. The average Bonchev–Trinajstić information content (AvgIpc) is 2.69. The molecule has 3 heteroatoms. The van der Waals surface area contributed by atoms with Gasteiger partial charge in [-0.05, 0) is 32.2 Å². The van der Waals surface area contributed by atoms with E-state index in [9.17, 15) is 0 Å². The van der Waals surface area contributed by atoms with E-state index in [2.05, 4.69) is 17.6 Å². The lowest BCUT2D eigenvalue weighted by molar-refractivity contribution is 0.182. The molecule has 2 aliphatic rings. The molecule has 0 aromatic rings. The molecule has 2 N–H and O–H groups in total. The minimum atomic E-state index is 0.548. The van der Waals surface area contributed by atoms with Gasteiger partial charge < -0.3 is 15.4 Å². The van der Waals surface area contributed by atoms with Crippen LogP contribution in [0.2, 0.25) is 0 Å². The second-order valence-corrected chi connectivity index (χ2v) is 5.91. The summed E-state index contributed by atoms with van der Waals surface area (Å²) in [6.45, 7) is 5.31. The third kappa shape index (κ3) is 3.94. The van der Waals surface area contributed by atoms with Crippen molar-refractivity contribution in [2.24, 2.45) is 11.8 Å². The monoisotopic (exact) mass is 240 g/mol. The normalized spacial score (nSPS) is 39.2. The Morgan fingerprint density at radius 3 is 2.82 bits per heavy atom. The smallest absolute Gasteiger partial charge is 0.0623 e. The maximum Gasteiger partial charge on any atom is 0.0623 e. The van der Waals surface area contributed by atoms with E-state index in [1.54, 1.807) is 0 Å². The Bertz CT molecular complexity index is 222. The van der Waals surface area contributed by atoms with Gasteiger partial charge in [-0.3, -0.25) is 0 Å². The van der Waals surface area contributed by atoms with E-state index >= 15 is 0 Å². The lowest BCUT2D eigenvalue weighted by atomic mass is 10.0. The molecule has 0 amide bonds. The van der Waals surface area contributed by atoms with Gasteiger partial charge in [-0.1, -0.05) is 19.8 Å². The van der Waals surface area contributed by atoms with Crippen LogP contribution in [0.15, 0.2) is 0 Å². The number of nitrogens with one attached hydrogen (secondary N) is 2. The van der Waals surface area contributed by atoms with Crippen LogP contribution >= 0.6 is 0 Å². The molecule has 1 heterocycles. The first-order valence-corrected chi connectivity index (χ1v) is 7.28. The standard InChI is InChI=1S/C14H28N2O/c1-11-4-3-5-13(7-6-11)16-8-12-9-17-10-14(12)15-2/h11-16H,3-10H2,1-2H3. The van der Waals surface area contributed by atoms with E-state index in [1.165, 1.54) is 32.1 Å². The van der Waals surface area contributed by atoms with Crippen molar-refractivity contribution in [2.75, 3.05) is 26.8 Å². The fourth-order valence-corrected chi connectivity index (χ4v) is 3.13. The molecule has 0 aromatic heterocycles. The third-order valence-corrected chi connectivity index (χ3v) is 4.50. The number of hydrogen-bond donors (Lipinski definition) is 2. The zero-order chi connectivity index (χ0) is 12.1. The van der Waals surface area contributed by atoms with Gasteiger partial charge in [-0.25, -0.2) is 0 Å². The molecule has 3 nitrogen and oxygen atoms in total. The Hall–Kier alpha value is -0.120. The molecule has 1 saturated carbocycles. The lowest BCUT2D eigenvalue weighted by Gasteiger charge is -2.22. The number of rotatable bonds is 4. The largest absolute Gasteiger partial charge is 0.379 e. The zero-order valence-electron chi connectivity index (χ0n) is 11.4. The van der Waals surface area contributed by atoms with Gasteiger partial charge in [0.2, 0.25) is 0 Å².